The summed E-state index contributed by atoms with van der Waals surface area (Å²) >= 11 is 0. The lowest BCUT2D eigenvalue weighted by atomic mass is 10.0. The Bertz CT molecular complexity index is 1200. The summed E-state index contributed by atoms with van der Waals surface area (Å²) in [6.45, 7) is 6.08. The van der Waals surface area contributed by atoms with Crippen molar-refractivity contribution in [2.45, 2.75) is 26.7 Å². The van der Waals surface area contributed by atoms with Crippen molar-refractivity contribution >= 4 is 29.3 Å². The molecule has 0 amide bonds. The van der Waals surface area contributed by atoms with Gasteiger partial charge in [-0.05, 0) is 74.3 Å². The SMILES string of the molecule is CCN1/C(=C/C=C2\CC/C(=C\C=C3/C=Cc4ccccc4N3CC)C2=O)C=Cc2ccccc21. The van der Waals surface area contributed by atoms with Gasteiger partial charge in [0, 0.05) is 47.0 Å². The van der Waals surface area contributed by atoms with Gasteiger partial charge in [0.2, 0.25) is 0 Å². The van der Waals surface area contributed by atoms with E-state index in [-0.39, 0.29) is 5.78 Å². The largest absolute Gasteiger partial charge is 0.341 e. The first-order valence-electron chi connectivity index (χ1n) is 12.1. The van der Waals surface area contributed by atoms with Crippen LogP contribution in [0, 0.1) is 0 Å². The molecule has 0 unspecified atom stereocenters. The Kier molecular flexibility index (Phi) is 6.18. The van der Waals surface area contributed by atoms with Gasteiger partial charge in [-0.2, -0.15) is 0 Å². The van der Waals surface area contributed by atoms with Crippen LogP contribution in [0.1, 0.15) is 37.8 Å². The predicted octanol–water partition coefficient (Wildman–Crippen LogP) is 7.08. The first kappa shape index (κ1) is 22.0. The third-order valence-electron chi connectivity index (χ3n) is 6.74. The van der Waals surface area contributed by atoms with Crippen molar-refractivity contribution in [3.8, 4) is 0 Å². The predicted molar refractivity (Wildman–Crippen MR) is 144 cm³/mol. The number of hydrogen-bond acceptors (Lipinski definition) is 3. The van der Waals surface area contributed by atoms with Crippen LogP contribution in [0.5, 0.6) is 0 Å². The van der Waals surface area contributed by atoms with Crippen LogP contribution in [0.3, 0.4) is 0 Å². The number of carbonyl (C=O) groups is 1. The molecule has 2 aromatic rings. The van der Waals surface area contributed by atoms with E-state index >= 15 is 0 Å². The topological polar surface area (TPSA) is 23.6 Å². The third kappa shape index (κ3) is 4.10. The van der Waals surface area contributed by atoms with E-state index in [9.17, 15) is 4.79 Å². The van der Waals surface area contributed by atoms with Crippen molar-refractivity contribution in [2.75, 3.05) is 22.9 Å². The molecule has 0 radical (unpaired) electrons. The van der Waals surface area contributed by atoms with Crippen molar-refractivity contribution in [3.05, 3.63) is 119 Å². The number of likely N-dealkylation sites (N-methyl/N-ethyl adjacent to an activating group) is 2. The van der Waals surface area contributed by atoms with Gasteiger partial charge < -0.3 is 9.80 Å². The second kappa shape index (κ2) is 9.56. The number of para-hydroxylation sites is 2. The number of ketones is 1. The van der Waals surface area contributed by atoms with Crippen LogP contribution >= 0.6 is 0 Å². The van der Waals surface area contributed by atoms with Crippen molar-refractivity contribution in [1.29, 1.82) is 0 Å². The van der Waals surface area contributed by atoms with Gasteiger partial charge in [-0.3, -0.25) is 4.79 Å². The molecule has 3 aliphatic rings. The number of rotatable bonds is 4. The van der Waals surface area contributed by atoms with Gasteiger partial charge >= 0.3 is 0 Å². The van der Waals surface area contributed by atoms with Crippen molar-refractivity contribution < 1.29 is 4.79 Å². The highest BCUT2D eigenvalue weighted by molar-refractivity contribution is 6.11. The number of benzene rings is 2. The van der Waals surface area contributed by atoms with Gasteiger partial charge in [-0.1, -0.05) is 60.7 Å². The first-order chi connectivity index (χ1) is 16.7. The van der Waals surface area contributed by atoms with Crippen molar-refractivity contribution in [3.63, 3.8) is 0 Å². The Morgan fingerprint density at radius 2 is 1.09 bits per heavy atom. The maximum absolute atomic E-state index is 13.1. The van der Waals surface area contributed by atoms with E-state index in [1.807, 2.05) is 12.2 Å². The van der Waals surface area contributed by atoms with E-state index in [1.54, 1.807) is 0 Å². The second-order valence-corrected chi connectivity index (χ2v) is 8.67. The number of carbonyl (C=O) groups excluding carboxylic acids is 1. The molecule has 170 valence electrons. The molecular formula is C31H30N2O. The van der Waals surface area contributed by atoms with E-state index in [2.05, 4.69) is 109 Å². The molecule has 2 heterocycles. The number of anilines is 2. The van der Waals surface area contributed by atoms with E-state index in [4.69, 9.17) is 0 Å². The molecule has 1 fully saturated rings. The number of allylic oxidation sites excluding steroid dienone is 8. The lowest BCUT2D eigenvalue weighted by molar-refractivity contribution is -0.111. The molecule has 0 aromatic heterocycles. The Hall–Kier alpha value is -3.85. The number of hydrogen-bond donors (Lipinski definition) is 0. The molecule has 3 heteroatoms. The van der Waals surface area contributed by atoms with Crippen LogP contribution in [0.4, 0.5) is 11.4 Å². The fourth-order valence-corrected chi connectivity index (χ4v) is 4.95. The van der Waals surface area contributed by atoms with Crippen LogP contribution in [-0.4, -0.2) is 18.9 Å². The molecule has 3 nitrogen and oxygen atoms in total. The van der Waals surface area contributed by atoms with Crippen molar-refractivity contribution in [1.82, 2.24) is 0 Å². The standard InChI is InChI=1S/C31H30N2O/c1-3-32-27(19-15-23-9-5-7-11-29(23)32)21-17-25-13-14-26(31(25)34)18-22-28-20-16-24-10-6-8-12-30(24)33(28)4-2/h5-12,15-22H,3-4,13-14H2,1-2H3/b25-17+,26-18+,27-21+,28-22+. The highest BCUT2D eigenvalue weighted by atomic mass is 16.1. The summed E-state index contributed by atoms with van der Waals surface area (Å²) in [6.07, 6.45) is 18.4. The maximum atomic E-state index is 13.1. The average molecular weight is 447 g/mol. The number of Topliss-reactive ketones (excluding diaryl/α,β-unsaturated/α-hetero) is 1. The van der Waals surface area contributed by atoms with Crippen molar-refractivity contribution in [2.24, 2.45) is 0 Å². The zero-order valence-electron chi connectivity index (χ0n) is 19.9. The Morgan fingerprint density at radius 1 is 0.647 bits per heavy atom. The van der Waals surface area contributed by atoms with Crippen LogP contribution in [-0.2, 0) is 4.79 Å². The second-order valence-electron chi connectivity index (χ2n) is 8.67. The summed E-state index contributed by atoms with van der Waals surface area (Å²) in [5, 5.41) is 0. The van der Waals surface area contributed by atoms with Gasteiger partial charge in [0.15, 0.2) is 5.78 Å². The minimum atomic E-state index is 0.167. The van der Waals surface area contributed by atoms with Crippen LogP contribution in [0.2, 0.25) is 0 Å². The summed E-state index contributed by atoms with van der Waals surface area (Å²) < 4.78 is 0. The van der Waals surface area contributed by atoms with Gasteiger partial charge in [-0.25, -0.2) is 0 Å². The fraction of sp³-hybridized carbons (Fsp3) is 0.194. The molecule has 2 aliphatic heterocycles. The van der Waals surface area contributed by atoms with Crippen LogP contribution in [0.15, 0.2) is 108 Å². The molecule has 0 N–H and O–H groups in total. The first-order valence-corrected chi connectivity index (χ1v) is 12.1. The molecule has 2 aromatic carbocycles. The van der Waals surface area contributed by atoms with Crippen LogP contribution in [0.25, 0.3) is 12.2 Å². The third-order valence-corrected chi connectivity index (χ3v) is 6.74. The molecule has 0 spiro atoms. The normalized spacial score (nSPS) is 21.8. The zero-order valence-corrected chi connectivity index (χ0v) is 19.9. The van der Waals surface area contributed by atoms with Crippen LogP contribution < -0.4 is 9.80 Å². The number of nitrogens with zero attached hydrogens (tertiary/aromatic N) is 2. The fourth-order valence-electron chi connectivity index (χ4n) is 4.95. The highest BCUT2D eigenvalue weighted by Gasteiger charge is 2.23. The summed E-state index contributed by atoms with van der Waals surface area (Å²) in [5.74, 6) is 0.167. The van der Waals surface area contributed by atoms with E-state index in [0.29, 0.717) is 0 Å². The molecule has 1 aliphatic carbocycles. The van der Waals surface area contributed by atoms with Gasteiger partial charge in [-0.15, -0.1) is 0 Å². The lowest BCUT2D eigenvalue weighted by Gasteiger charge is -2.29. The van der Waals surface area contributed by atoms with E-state index < -0.39 is 0 Å². The Labute approximate surface area is 202 Å². The molecule has 0 atom stereocenters. The zero-order chi connectivity index (χ0) is 23.5. The summed E-state index contributed by atoms with van der Waals surface area (Å²) in [6, 6.07) is 16.8. The Balaban J connectivity index is 1.36. The van der Waals surface area contributed by atoms with Gasteiger partial charge in [0.05, 0.1) is 0 Å². The molecule has 34 heavy (non-hydrogen) atoms. The van der Waals surface area contributed by atoms with E-state index in [1.165, 1.54) is 22.5 Å². The van der Waals surface area contributed by atoms with E-state index in [0.717, 1.165) is 48.5 Å². The molecule has 0 saturated heterocycles. The quantitative estimate of drug-likeness (QED) is 0.469. The smallest absolute Gasteiger partial charge is 0.185 e. The summed E-state index contributed by atoms with van der Waals surface area (Å²) in [5.41, 5.74) is 8.88. The molecule has 5 rings (SSSR count). The maximum Gasteiger partial charge on any atom is 0.185 e. The van der Waals surface area contributed by atoms with Gasteiger partial charge in [0.25, 0.3) is 0 Å². The highest BCUT2D eigenvalue weighted by Crippen LogP contribution is 2.33. The summed E-state index contributed by atoms with van der Waals surface area (Å²) in [7, 11) is 0. The average Bonchev–Trinajstić information content (AvgIpc) is 3.24. The summed E-state index contributed by atoms with van der Waals surface area (Å²) in [4.78, 5) is 17.7. The Morgan fingerprint density at radius 3 is 1.53 bits per heavy atom. The molecular weight excluding hydrogens is 416 g/mol. The number of fused-ring (bicyclic) bond motifs is 2. The molecule has 1 saturated carbocycles. The van der Waals surface area contributed by atoms with Gasteiger partial charge in [0.1, 0.15) is 0 Å². The monoisotopic (exact) mass is 446 g/mol. The minimum Gasteiger partial charge on any atom is -0.341 e. The molecule has 0 bridgehead atoms. The lowest BCUT2D eigenvalue weighted by Crippen LogP contribution is -2.23. The minimum absolute atomic E-state index is 0.167.